The van der Waals surface area contributed by atoms with E-state index in [-0.39, 0.29) is 12.4 Å². The molecule has 1 aromatic carbocycles. The fourth-order valence-electron chi connectivity index (χ4n) is 3.26. The Morgan fingerprint density at radius 1 is 1.03 bits per heavy atom. The van der Waals surface area contributed by atoms with Gasteiger partial charge in [0, 0.05) is 30.1 Å². The molecule has 4 aromatic rings. The van der Waals surface area contributed by atoms with Crippen molar-refractivity contribution in [2.45, 2.75) is 20.4 Å². The molecule has 4 N–H and O–H groups in total. The van der Waals surface area contributed by atoms with Crippen molar-refractivity contribution < 1.29 is 14.8 Å². The molecule has 11 heteroatoms. The van der Waals surface area contributed by atoms with Crippen molar-refractivity contribution in [1.82, 2.24) is 35.5 Å². The van der Waals surface area contributed by atoms with Crippen LogP contribution in [0.25, 0.3) is 17.3 Å². The number of nitrogens with one attached hydrogen (secondary N) is 3. The Bertz CT molecular complexity index is 1320. The van der Waals surface area contributed by atoms with Crippen molar-refractivity contribution in [3.05, 3.63) is 83.3 Å². The van der Waals surface area contributed by atoms with Gasteiger partial charge in [0.15, 0.2) is 11.6 Å². The first-order valence-electron chi connectivity index (χ1n) is 10.4. The van der Waals surface area contributed by atoms with Gasteiger partial charge in [0.25, 0.3) is 5.91 Å². The lowest BCUT2D eigenvalue weighted by Gasteiger charge is -2.11. The number of hydrogen-bond acceptors (Lipinski definition) is 7. The van der Waals surface area contributed by atoms with Gasteiger partial charge in [-0.25, -0.2) is 24.9 Å². The molecular weight excluding hydrogens is 436 g/mol. The Kier molecular flexibility index (Phi) is 6.55. The van der Waals surface area contributed by atoms with Crippen LogP contribution in [0, 0.1) is 13.8 Å². The second-order valence-electron chi connectivity index (χ2n) is 7.43. The molecule has 0 radical (unpaired) electrons. The number of amides is 3. The molecule has 4 rings (SSSR count). The van der Waals surface area contributed by atoms with Crippen molar-refractivity contribution in [1.29, 1.82) is 0 Å². The first-order chi connectivity index (χ1) is 16.4. The van der Waals surface area contributed by atoms with Gasteiger partial charge in [-0.3, -0.25) is 20.3 Å². The second kappa shape index (κ2) is 9.88. The third-order valence-corrected chi connectivity index (χ3v) is 4.85. The highest BCUT2D eigenvalue weighted by molar-refractivity contribution is 5.93. The van der Waals surface area contributed by atoms with Crippen LogP contribution in [-0.4, -0.2) is 41.9 Å². The summed E-state index contributed by atoms with van der Waals surface area (Å²) in [6.45, 7) is 4.02. The van der Waals surface area contributed by atoms with Crippen molar-refractivity contribution in [3.8, 4) is 17.3 Å². The molecule has 11 nitrogen and oxygen atoms in total. The van der Waals surface area contributed by atoms with E-state index in [4.69, 9.17) is 5.21 Å². The summed E-state index contributed by atoms with van der Waals surface area (Å²) >= 11 is 0. The zero-order valence-corrected chi connectivity index (χ0v) is 18.5. The lowest BCUT2D eigenvalue weighted by Crippen LogP contribution is -2.29. The number of anilines is 1. The van der Waals surface area contributed by atoms with E-state index < -0.39 is 11.9 Å². The third kappa shape index (κ3) is 5.22. The SMILES string of the molecule is Cc1cc(C)n(-c2cc(NC(=O)NCc3ccc(C(=O)NO)cc3)nc(-c3ccccn3)n2)n1. The summed E-state index contributed by atoms with van der Waals surface area (Å²) in [5.41, 5.74) is 4.92. The summed E-state index contributed by atoms with van der Waals surface area (Å²) in [4.78, 5) is 37.3. The predicted octanol–water partition coefficient (Wildman–Crippen LogP) is 2.78. The maximum atomic E-state index is 12.6. The summed E-state index contributed by atoms with van der Waals surface area (Å²) in [6, 6.07) is 14.9. The van der Waals surface area contributed by atoms with Gasteiger partial charge in [0.2, 0.25) is 0 Å². The summed E-state index contributed by atoms with van der Waals surface area (Å²) in [5.74, 6) is 0.516. The molecule has 34 heavy (non-hydrogen) atoms. The largest absolute Gasteiger partial charge is 0.334 e. The first-order valence-corrected chi connectivity index (χ1v) is 10.4. The molecule has 0 aliphatic carbocycles. The number of hydroxylamine groups is 1. The van der Waals surface area contributed by atoms with E-state index in [1.165, 1.54) is 0 Å². The maximum Gasteiger partial charge on any atom is 0.320 e. The zero-order chi connectivity index (χ0) is 24.1. The number of pyridine rings is 1. The smallest absolute Gasteiger partial charge is 0.320 e. The molecule has 0 aliphatic heterocycles. The number of benzene rings is 1. The van der Waals surface area contributed by atoms with Crippen LogP contribution < -0.4 is 16.1 Å². The highest BCUT2D eigenvalue weighted by atomic mass is 16.5. The Hall–Kier alpha value is -4.64. The van der Waals surface area contributed by atoms with Crippen LogP contribution >= 0.6 is 0 Å². The monoisotopic (exact) mass is 458 g/mol. The van der Waals surface area contributed by atoms with E-state index in [0.717, 1.165) is 17.0 Å². The molecule has 0 atom stereocenters. The maximum absolute atomic E-state index is 12.6. The number of aryl methyl sites for hydroxylation is 2. The van der Waals surface area contributed by atoms with Gasteiger partial charge in [0.05, 0.1) is 5.69 Å². The topological polar surface area (TPSA) is 147 Å². The lowest BCUT2D eigenvalue weighted by atomic mass is 10.1. The number of rotatable bonds is 6. The normalized spacial score (nSPS) is 10.6. The van der Waals surface area contributed by atoms with Gasteiger partial charge in [-0.05, 0) is 49.7 Å². The van der Waals surface area contributed by atoms with E-state index in [2.05, 4.69) is 30.7 Å². The minimum absolute atomic E-state index is 0.218. The molecule has 0 bridgehead atoms. The molecule has 3 heterocycles. The molecule has 0 saturated carbocycles. The van der Waals surface area contributed by atoms with Crippen molar-refractivity contribution in [3.63, 3.8) is 0 Å². The number of nitrogens with zero attached hydrogens (tertiary/aromatic N) is 5. The highest BCUT2D eigenvalue weighted by Crippen LogP contribution is 2.19. The van der Waals surface area contributed by atoms with Crippen molar-refractivity contribution >= 4 is 17.8 Å². The molecular formula is C23H22N8O3. The van der Waals surface area contributed by atoms with Crippen LogP contribution in [-0.2, 0) is 6.54 Å². The van der Waals surface area contributed by atoms with Crippen LogP contribution in [0.1, 0.15) is 27.3 Å². The Morgan fingerprint density at radius 2 is 1.82 bits per heavy atom. The van der Waals surface area contributed by atoms with Crippen molar-refractivity contribution in [2.24, 2.45) is 0 Å². The molecule has 172 valence electrons. The Morgan fingerprint density at radius 3 is 2.47 bits per heavy atom. The van der Waals surface area contributed by atoms with Gasteiger partial charge >= 0.3 is 6.03 Å². The average Bonchev–Trinajstić information content (AvgIpc) is 3.20. The van der Waals surface area contributed by atoms with Crippen LogP contribution in [0.15, 0.2) is 60.8 Å². The first kappa shape index (κ1) is 22.6. The second-order valence-corrected chi connectivity index (χ2v) is 7.43. The molecule has 0 fully saturated rings. The summed E-state index contributed by atoms with van der Waals surface area (Å²) in [6.07, 6.45) is 1.64. The van der Waals surface area contributed by atoms with Gasteiger partial charge in [-0.15, -0.1) is 0 Å². The number of carbonyl (C=O) groups is 2. The molecule has 0 unspecified atom stereocenters. The average molecular weight is 458 g/mol. The number of hydrogen-bond donors (Lipinski definition) is 4. The standard InChI is InChI=1S/C23H22N8O3/c1-14-11-15(2)31(29-14)20-12-19(26-21(28-20)18-5-3-4-10-24-18)27-23(33)25-13-16-6-8-17(9-7-16)22(32)30-34/h3-12,34H,13H2,1-2H3,(H,30,32)(H2,25,26,27,28,33). The van der Waals surface area contributed by atoms with Gasteiger partial charge in [-0.1, -0.05) is 18.2 Å². The number of aromatic nitrogens is 5. The lowest BCUT2D eigenvalue weighted by molar-refractivity contribution is 0.0706. The summed E-state index contributed by atoms with van der Waals surface area (Å²) < 4.78 is 1.68. The number of carbonyl (C=O) groups excluding carboxylic acids is 2. The van der Waals surface area contributed by atoms with Crippen molar-refractivity contribution in [2.75, 3.05) is 5.32 Å². The molecule has 3 amide bonds. The minimum Gasteiger partial charge on any atom is -0.334 e. The van der Waals surface area contributed by atoms with Gasteiger partial charge in [-0.2, -0.15) is 5.10 Å². The van der Waals surface area contributed by atoms with E-state index in [0.29, 0.717) is 22.9 Å². The minimum atomic E-state index is -0.608. The molecule has 0 aliphatic rings. The Labute approximate surface area is 194 Å². The number of urea groups is 1. The van der Waals surface area contributed by atoms with E-state index in [1.807, 2.05) is 26.0 Å². The summed E-state index contributed by atoms with van der Waals surface area (Å²) in [5, 5.41) is 18.6. The van der Waals surface area contributed by atoms with E-state index in [1.54, 1.807) is 58.8 Å². The molecule has 3 aromatic heterocycles. The van der Waals surface area contributed by atoms with Gasteiger partial charge in [0.1, 0.15) is 11.5 Å². The van der Waals surface area contributed by atoms with E-state index >= 15 is 0 Å². The Balaban J connectivity index is 1.53. The highest BCUT2D eigenvalue weighted by Gasteiger charge is 2.14. The van der Waals surface area contributed by atoms with Crippen LogP contribution in [0.4, 0.5) is 10.6 Å². The van der Waals surface area contributed by atoms with E-state index in [9.17, 15) is 9.59 Å². The fraction of sp³-hybridized carbons (Fsp3) is 0.130. The van der Waals surface area contributed by atoms with Crippen LogP contribution in [0.2, 0.25) is 0 Å². The van der Waals surface area contributed by atoms with Crippen LogP contribution in [0.3, 0.4) is 0 Å². The zero-order valence-electron chi connectivity index (χ0n) is 18.5. The van der Waals surface area contributed by atoms with Gasteiger partial charge < -0.3 is 5.32 Å². The molecule has 0 saturated heterocycles. The molecule has 0 spiro atoms. The summed E-state index contributed by atoms with van der Waals surface area (Å²) in [7, 11) is 0. The van der Waals surface area contributed by atoms with Crippen LogP contribution in [0.5, 0.6) is 0 Å². The third-order valence-electron chi connectivity index (χ3n) is 4.85. The predicted molar refractivity (Wildman–Crippen MR) is 123 cm³/mol. The quantitative estimate of drug-likeness (QED) is 0.257. The fourth-order valence-corrected chi connectivity index (χ4v) is 3.26.